The van der Waals surface area contributed by atoms with E-state index >= 15 is 0 Å². The average Bonchev–Trinajstić information content (AvgIpc) is 2.32. The smallest absolute Gasteiger partial charge is 0.151 e. The lowest BCUT2D eigenvalue weighted by atomic mass is 10.3. The van der Waals surface area contributed by atoms with Crippen molar-refractivity contribution in [3.8, 4) is 0 Å². The van der Waals surface area contributed by atoms with Crippen LogP contribution < -0.4 is 10.6 Å². The largest absolute Gasteiger partial charge is 0.395 e. The summed E-state index contributed by atoms with van der Waals surface area (Å²) >= 11 is 0. The van der Waals surface area contributed by atoms with Gasteiger partial charge in [-0.1, -0.05) is 0 Å². The Morgan fingerprint density at radius 1 is 1.19 bits per heavy atom. The van der Waals surface area contributed by atoms with E-state index < -0.39 is 0 Å². The van der Waals surface area contributed by atoms with Crippen molar-refractivity contribution in [2.24, 2.45) is 0 Å². The first kappa shape index (κ1) is 11.1. The molecule has 0 radical (unpaired) electrons. The Bertz CT molecular complexity index is 320. The summed E-state index contributed by atoms with van der Waals surface area (Å²) in [5.74, 6) is 1.32. The number of nitrogen functional groups attached to an aromatic ring is 1. The van der Waals surface area contributed by atoms with Gasteiger partial charge in [-0.3, -0.25) is 4.90 Å². The van der Waals surface area contributed by atoms with E-state index in [9.17, 15) is 0 Å². The molecule has 0 aromatic carbocycles. The summed E-state index contributed by atoms with van der Waals surface area (Å²) in [6.07, 6.45) is 0. The number of nitrogens with two attached hydrogens (primary N) is 1. The van der Waals surface area contributed by atoms with E-state index in [0.29, 0.717) is 5.82 Å². The van der Waals surface area contributed by atoms with Gasteiger partial charge in [0.2, 0.25) is 0 Å². The predicted octanol–water partition coefficient (Wildman–Crippen LogP) is -0.827. The zero-order chi connectivity index (χ0) is 11.4. The molecule has 0 bridgehead atoms. The van der Waals surface area contributed by atoms with Gasteiger partial charge in [-0.2, -0.15) is 0 Å². The third-order valence-corrected chi connectivity index (χ3v) is 2.78. The van der Waals surface area contributed by atoms with Crippen molar-refractivity contribution in [2.75, 3.05) is 50.0 Å². The van der Waals surface area contributed by atoms with Crippen LogP contribution >= 0.6 is 0 Å². The molecular formula is C10H17N5O. The van der Waals surface area contributed by atoms with Crippen LogP contribution in [0.1, 0.15) is 0 Å². The maximum atomic E-state index is 8.84. The second-order valence-corrected chi connectivity index (χ2v) is 3.87. The molecule has 6 nitrogen and oxygen atoms in total. The monoisotopic (exact) mass is 223 g/mol. The molecule has 0 amide bonds. The number of hydrogen-bond acceptors (Lipinski definition) is 6. The van der Waals surface area contributed by atoms with Crippen LogP contribution in [-0.2, 0) is 0 Å². The lowest BCUT2D eigenvalue weighted by Crippen LogP contribution is -2.47. The van der Waals surface area contributed by atoms with Crippen LogP contribution in [0, 0.1) is 0 Å². The number of aliphatic hydroxyl groups is 1. The van der Waals surface area contributed by atoms with Crippen LogP contribution in [0.3, 0.4) is 0 Å². The summed E-state index contributed by atoms with van der Waals surface area (Å²) < 4.78 is 0. The molecule has 1 saturated heterocycles. The number of piperazine rings is 1. The van der Waals surface area contributed by atoms with Gasteiger partial charge in [0.15, 0.2) is 5.82 Å². The minimum absolute atomic E-state index is 0.224. The summed E-state index contributed by atoms with van der Waals surface area (Å²) in [6.45, 7) is 4.71. The maximum Gasteiger partial charge on any atom is 0.151 e. The molecule has 3 N–H and O–H groups in total. The Morgan fingerprint density at radius 2 is 1.94 bits per heavy atom. The molecule has 1 aromatic heterocycles. The number of anilines is 2. The molecule has 0 aliphatic carbocycles. The fourth-order valence-electron chi connectivity index (χ4n) is 1.85. The summed E-state index contributed by atoms with van der Waals surface area (Å²) in [6, 6.07) is 3.66. The molecule has 16 heavy (non-hydrogen) atoms. The molecule has 6 heteroatoms. The predicted molar refractivity (Wildman–Crippen MR) is 62.2 cm³/mol. The molecule has 0 saturated carbocycles. The fourth-order valence-corrected chi connectivity index (χ4v) is 1.85. The van der Waals surface area contributed by atoms with Gasteiger partial charge < -0.3 is 15.7 Å². The van der Waals surface area contributed by atoms with E-state index in [1.54, 1.807) is 6.07 Å². The van der Waals surface area contributed by atoms with E-state index in [2.05, 4.69) is 20.0 Å². The SMILES string of the molecule is Nc1ccc(N2CCN(CCO)CC2)nn1. The van der Waals surface area contributed by atoms with Crippen LogP contribution in [0.4, 0.5) is 11.6 Å². The molecule has 2 rings (SSSR count). The van der Waals surface area contributed by atoms with Crippen LogP contribution in [0.5, 0.6) is 0 Å². The second-order valence-electron chi connectivity index (χ2n) is 3.87. The summed E-state index contributed by atoms with van der Waals surface area (Å²) in [4.78, 5) is 4.42. The average molecular weight is 223 g/mol. The van der Waals surface area contributed by atoms with E-state index in [4.69, 9.17) is 10.8 Å². The third-order valence-electron chi connectivity index (χ3n) is 2.78. The van der Waals surface area contributed by atoms with Gasteiger partial charge in [-0.05, 0) is 12.1 Å². The molecular weight excluding hydrogens is 206 g/mol. The quantitative estimate of drug-likeness (QED) is 0.696. The van der Waals surface area contributed by atoms with Crippen molar-refractivity contribution >= 4 is 11.6 Å². The van der Waals surface area contributed by atoms with Gasteiger partial charge >= 0.3 is 0 Å². The molecule has 88 valence electrons. The van der Waals surface area contributed by atoms with E-state index in [1.807, 2.05) is 6.07 Å². The Labute approximate surface area is 94.7 Å². The lowest BCUT2D eigenvalue weighted by molar-refractivity contribution is 0.188. The van der Waals surface area contributed by atoms with Gasteiger partial charge in [0.05, 0.1) is 6.61 Å². The van der Waals surface area contributed by atoms with Crippen molar-refractivity contribution in [3.63, 3.8) is 0 Å². The Balaban J connectivity index is 1.91. The van der Waals surface area contributed by atoms with Gasteiger partial charge in [-0.15, -0.1) is 10.2 Å². The molecule has 0 atom stereocenters. The number of aliphatic hydroxyl groups excluding tert-OH is 1. The zero-order valence-electron chi connectivity index (χ0n) is 9.21. The number of rotatable bonds is 3. The summed E-state index contributed by atoms with van der Waals surface area (Å²) in [5.41, 5.74) is 5.49. The fraction of sp³-hybridized carbons (Fsp3) is 0.600. The zero-order valence-corrected chi connectivity index (χ0v) is 9.21. The minimum atomic E-state index is 0.224. The van der Waals surface area contributed by atoms with Crippen LogP contribution in [-0.4, -0.2) is 59.5 Å². The number of aromatic nitrogens is 2. The van der Waals surface area contributed by atoms with Crippen molar-refractivity contribution in [1.29, 1.82) is 0 Å². The van der Waals surface area contributed by atoms with Crippen molar-refractivity contribution in [1.82, 2.24) is 15.1 Å². The number of nitrogens with zero attached hydrogens (tertiary/aromatic N) is 4. The number of β-amino-alcohol motifs (C(OH)–C–C–N with tert-alkyl or cyclic N) is 1. The molecule has 0 unspecified atom stereocenters. The van der Waals surface area contributed by atoms with Crippen molar-refractivity contribution in [3.05, 3.63) is 12.1 Å². The first-order valence-corrected chi connectivity index (χ1v) is 5.47. The lowest BCUT2D eigenvalue weighted by Gasteiger charge is -2.34. The first-order chi connectivity index (χ1) is 7.79. The van der Waals surface area contributed by atoms with Gasteiger partial charge in [0.1, 0.15) is 5.82 Å². The number of hydrogen-bond donors (Lipinski definition) is 2. The molecule has 1 aromatic rings. The summed E-state index contributed by atoms with van der Waals surface area (Å²) in [7, 11) is 0. The van der Waals surface area contributed by atoms with E-state index in [1.165, 1.54) is 0 Å². The van der Waals surface area contributed by atoms with Crippen LogP contribution in [0.15, 0.2) is 12.1 Å². The highest BCUT2D eigenvalue weighted by atomic mass is 16.3. The highest BCUT2D eigenvalue weighted by molar-refractivity contribution is 5.41. The first-order valence-electron chi connectivity index (χ1n) is 5.47. The van der Waals surface area contributed by atoms with Crippen molar-refractivity contribution < 1.29 is 5.11 Å². The molecule has 1 aliphatic rings. The highest BCUT2D eigenvalue weighted by Crippen LogP contribution is 2.12. The van der Waals surface area contributed by atoms with Gasteiger partial charge in [-0.25, -0.2) is 0 Å². The molecule has 0 spiro atoms. The highest BCUT2D eigenvalue weighted by Gasteiger charge is 2.17. The Hall–Kier alpha value is -1.40. The molecule has 1 fully saturated rings. The van der Waals surface area contributed by atoms with Crippen LogP contribution in [0.25, 0.3) is 0 Å². The summed E-state index contributed by atoms with van der Waals surface area (Å²) in [5, 5.41) is 16.7. The van der Waals surface area contributed by atoms with E-state index in [-0.39, 0.29) is 6.61 Å². The minimum Gasteiger partial charge on any atom is -0.395 e. The van der Waals surface area contributed by atoms with Gasteiger partial charge in [0.25, 0.3) is 0 Å². The molecule has 1 aliphatic heterocycles. The second kappa shape index (κ2) is 5.09. The topological polar surface area (TPSA) is 78.5 Å². The Morgan fingerprint density at radius 3 is 2.50 bits per heavy atom. The third kappa shape index (κ3) is 2.59. The van der Waals surface area contributed by atoms with Crippen molar-refractivity contribution in [2.45, 2.75) is 0 Å². The van der Waals surface area contributed by atoms with E-state index in [0.717, 1.165) is 38.5 Å². The normalized spacial score (nSPS) is 17.7. The maximum absolute atomic E-state index is 8.84. The standard InChI is InChI=1S/C10H17N5O/c11-9-1-2-10(13-12-9)15-5-3-14(4-6-15)7-8-16/h1-2,16H,3-8H2,(H2,11,12). The molecule has 2 heterocycles. The van der Waals surface area contributed by atoms with Gasteiger partial charge in [0, 0.05) is 32.7 Å². The van der Waals surface area contributed by atoms with Crippen LogP contribution in [0.2, 0.25) is 0 Å². The Kier molecular flexibility index (Phi) is 3.53.